The molecule has 2 atom stereocenters. The molecule has 1 N–H and O–H groups in total. The Morgan fingerprint density at radius 2 is 2.04 bits per heavy atom. The zero-order chi connectivity index (χ0) is 19.0. The number of halogens is 2. The zero-order valence-corrected chi connectivity index (χ0v) is 16.9. The number of pyridine rings is 1. The fourth-order valence-electron chi connectivity index (χ4n) is 3.40. The van der Waals surface area contributed by atoms with Gasteiger partial charge in [0.15, 0.2) is 5.11 Å². The van der Waals surface area contributed by atoms with E-state index in [0.29, 0.717) is 20.9 Å². The molecule has 0 saturated carbocycles. The Balaban J connectivity index is 1.73. The van der Waals surface area contributed by atoms with Gasteiger partial charge in [0.05, 0.1) is 16.8 Å². The van der Waals surface area contributed by atoms with Crippen LogP contribution in [-0.2, 0) is 0 Å². The molecule has 4 nitrogen and oxygen atoms in total. The van der Waals surface area contributed by atoms with Crippen LogP contribution in [0.2, 0.25) is 10.0 Å². The smallest absolute Gasteiger partial charge is 0.170 e. The number of hydrogen-bond acceptors (Lipinski definition) is 3. The molecule has 1 saturated heterocycles. The molecule has 3 heterocycles. The predicted octanol–water partition coefficient (Wildman–Crippen LogP) is 5.64. The van der Waals surface area contributed by atoms with E-state index in [1.54, 1.807) is 18.3 Å². The van der Waals surface area contributed by atoms with Crippen LogP contribution in [0.15, 0.2) is 59.1 Å². The Bertz CT molecular complexity index is 976. The van der Waals surface area contributed by atoms with Crippen molar-refractivity contribution in [3.8, 4) is 11.3 Å². The molecule has 1 aliphatic heterocycles. The van der Waals surface area contributed by atoms with E-state index < -0.39 is 0 Å². The third kappa shape index (κ3) is 3.43. The highest BCUT2D eigenvalue weighted by molar-refractivity contribution is 7.80. The third-order valence-corrected chi connectivity index (χ3v) is 5.55. The van der Waals surface area contributed by atoms with Crippen LogP contribution in [0.3, 0.4) is 0 Å². The maximum absolute atomic E-state index is 6.34. The quantitative estimate of drug-likeness (QED) is 0.556. The van der Waals surface area contributed by atoms with Gasteiger partial charge in [-0.3, -0.25) is 4.98 Å². The van der Waals surface area contributed by atoms with Crippen LogP contribution in [0.4, 0.5) is 0 Å². The molecule has 0 aliphatic carbocycles. The molecule has 7 heteroatoms. The largest absolute Gasteiger partial charge is 0.459 e. The summed E-state index contributed by atoms with van der Waals surface area (Å²) in [6.45, 7) is 2.83. The second-order valence-corrected chi connectivity index (χ2v) is 7.47. The van der Waals surface area contributed by atoms with Crippen molar-refractivity contribution in [2.45, 2.75) is 19.0 Å². The van der Waals surface area contributed by atoms with Crippen molar-refractivity contribution in [1.82, 2.24) is 15.2 Å². The summed E-state index contributed by atoms with van der Waals surface area (Å²) in [6.07, 6.45) is 1.78. The SMILES string of the molecule is CCN1C(=S)NC(c2ccccn2)C1c1ccc(-c2ccc(Cl)cc2Cl)o1. The molecule has 0 radical (unpaired) electrons. The molecular formula is C20H17Cl2N3OS. The summed E-state index contributed by atoms with van der Waals surface area (Å²) in [5, 5.41) is 5.22. The predicted molar refractivity (Wildman–Crippen MR) is 112 cm³/mol. The van der Waals surface area contributed by atoms with Crippen LogP contribution >= 0.6 is 35.4 Å². The summed E-state index contributed by atoms with van der Waals surface area (Å²) in [7, 11) is 0. The Morgan fingerprint density at radius 1 is 1.19 bits per heavy atom. The average molecular weight is 418 g/mol. The van der Waals surface area contributed by atoms with Gasteiger partial charge in [-0.05, 0) is 61.6 Å². The van der Waals surface area contributed by atoms with Crippen LogP contribution in [0.5, 0.6) is 0 Å². The van der Waals surface area contributed by atoms with Crippen LogP contribution in [-0.4, -0.2) is 21.5 Å². The van der Waals surface area contributed by atoms with Gasteiger partial charge < -0.3 is 14.6 Å². The first kappa shape index (κ1) is 18.3. The van der Waals surface area contributed by atoms with Crippen molar-refractivity contribution in [1.29, 1.82) is 0 Å². The second kappa shape index (κ2) is 7.50. The highest BCUT2D eigenvalue weighted by Gasteiger charge is 2.40. The molecule has 2 unspecified atom stereocenters. The van der Waals surface area contributed by atoms with Gasteiger partial charge in [0.25, 0.3) is 0 Å². The number of rotatable bonds is 4. The first-order valence-corrected chi connectivity index (χ1v) is 9.78. The highest BCUT2D eigenvalue weighted by atomic mass is 35.5. The van der Waals surface area contributed by atoms with Crippen LogP contribution in [0.1, 0.15) is 30.5 Å². The Hall–Kier alpha value is -2.08. The van der Waals surface area contributed by atoms with E-state index in [1.165, 1.54) is 0 Å². The lowest BCUT2D eigenvalue weighted by molar-refractivity contribution is 0.284. The minimum Gasteiger partial charge on any atom is -0.459 e. The Labute approximate surface area is 173 Å². The summed E-state index contributed by atoms with van der Waals surface area (Å²) in [6, 6.07) is 15.0. The Kier molecular flexibility index (Phi) is 5.08. The van der Waals surface area contributed by atoms with Gasteiger partial charge in [0.1, 0.15) is 17.6 Å². The van der Waals surface area contributed by atoms with E-state index in [2.05, 4.69) is 22.1 Å². The van der Waals surface area contributed by atoms with Crippen LogP contribution in [0.25, 0.3) is 11.3 Å². The third-order valence-electron chi connectivity index (χ3n) is 4.65. The van der Waals surface area contributed by atoms with Gasteiger partial charge in [-0.2, -0.15) is 0 Å². The summed E-state index contributed by atoms with van der Waals surface area (Å²) >= 11 is 17.9. The van der Waals surface area contributed by atoms with Crippen LogP contribution in [0, 0.1) is 0 Å². The fraction of sp³-hybridized carbons (Fsp3) is 0.200. The van der Waals surface area contributed by atoms with Gasteiger partial charge in [-0.15, -0.1) is 0 Å². The van der Waals surface area contributed by atoms with E-state index in [0.717, 1.165) is 23.6 Å². The normalized spacial score (nSPS) is 19.4. The maximum atomic E-state index is 6.34. The molecule has 1 aliphatic rings. The highest BCUT2D eigenvalue weighted by Crippen LogP contribution is 2.41. The summed E-state index contributed by atoms with van der Waals surface area (Å²) in [5.41, 5.74) is 1.72. The molecule has 138 valence electrons. The number of nitrogens with one attached hydrogen (secondary N) is 1. The molecular weight excluding hydrogens is 401 g/mol. The van der Waals surface area contributed by atoms with Gasteiger partial charge in [-0.1, -0.05) is 29.3 Å². The van der Waals surface area contributed by atoms with E-state index in [4.69, 9.17) is 39.8 Å². The minimum absolute atomic E-state index is 0.0849. The first-order chi connectivity index (χ1) is 13.1. The summed E-state index contributed by atoms with van der Waals surface area (Å²) < 4.78 is 6.21. The summed E-state index contributed by atoms with van der Waals surface area (Å²) in [5.74, 6) is 1.50. The lowest BCUT2D eigenvalue weighted by Crippen LogP contribution is -2.29. The molecule has 1 aromatic carbocycles. The number of likely N-dealkylation sites (N-methyl/N-ethyl adjacent to an activating group) is 1. The van der Waals surface area contributed by atoms with Crippen LogP contribution < -0.4 is 5.32 Å². The topological polar surface area (TPSA) is 41.3 Å². The van der Waals surface area contributed by atoms with Crippen molar-refractivity contribution >= 4 is 40.5 Å². The minimum atomic E-state index is -0.0859. The second-order valence-electron chi connectivity index (χ2n) is 6.24. The molecule has 0 amide bonds. The maximum Gasteiger partial charge on any atom is 0.170 e. The molecule has 1 fully saturated rings. The molecule has 3 aromatic rings. The lowest BCUT2D eigenvalue weighted by atomic mass is 10.0. The van der Waals surface area contributed by atoms with E-state index in [-0.39, 0.29) is 12.1 Å². The molecule has 2 aromatic heterocycles. The molecule has 0 spiro atoms. The van der Waals surface area contributed by atoms with Crippen molar-refractivity contribution in [3.05, 3.63) is 76.2 Å². The molecule has 4 rings (SSSR count). The average Bonchev–Trinajstić information content (AvgIpc) is 3.26. The fourth-order valence-corrected chi connectivity index (χ4v) is 4.27. The van der Waals surface area contributed by atoms with Crippen molar-refractivity contribution in [2.75, 3.05) is 6.54 Å². The zero-order valence-electron chi connectivity index (χ0n) is 14.5. The van der Waals surface area contributed by atoms with Gasteiger partial charge in [0, 0.05) is 23.3 Å². The number of furan rings is 1. The lowest BCUT2D eigenvalue weighted by Gasteiger charge is -2.24. The van der Waals surface area contributed by atoms with Crippen molar-refractivity contribution in [3.63, 3.8) is 0 Å². The van der Waals surface area contributed by atoms with Crippen molar-refractivity contribution < 1.29 is 4.42 Å². The Morgan fingerprint density at radius 3 is 2.74 bits per heavy atom. The van der Waals surface area contributed by atoms with Gasteiger partial charge in [-0.25, -0.2) is 0 Å². The van der Waals surface area contributed by atoms with Gasteiger partial charge in [0.2, 0.25) is 0 Å². The monoisotopic (exact) mass is 417 g/mol. The molecule has 0 bridgehead atoms. The van der Waals surface area contributed by atoms with Crippen molar-refractivity contribution in [2.24, 2.45) is 0 Å². The number of nitrogens with zero attached hydrogens (tertiary/aromatic N) is 2. The molecule has 27 heavy (non-hydrogen) atoms. The number of benzene rings is 1. The number of aromatic nitrogens is 1. The summed E-state index contributed by atoms with van der Waals surface area (Å²) in [4.78, 5) is 6.61. The number of hydrogen-bond donors (Lipinski definition) is 1. The number of thiocarbonyl (C=S) groups is 1. The standard InChI is InChI=1S/C20H17Cl2N3OS/c1-2-25-19(18(24-20(25)27)15-5-3-4-10-23-15)17-9-8-16(26-17)13-7-6-12(21)11-14(13)22/h3-11,18-19H,2H2,1H3,(H,24,27). The van der Waals surface area contributed by atoms with E-state index in [9.17, 15) is 0 Å². The van der Waals surface area contributed by atoms with Gasteiger partial charge >= 0.3 is 0 Å². The van der Waals surface area contributed by atoms with E-state index in [1.807, 2.05) is 36.4 Å². The first-order valence-electron chi connectivity index (χ1n) is 8.61. The van der Waals surface area contributed by atoms with E-state index >= 15 is 0 Å².